The Morgan fingerprint density at radius 2 is 1.72 bits per heavy atom. The van der Waals surface area contributed by atoms with Gasteiger partial charge < -0.3 is 5.32 Å². The smallest absolute Gasteiger partial charge is 0.230 e. The number of carbonyl (C=O) groups excluding carboxylic acids is 1. The van der Waals surface area contributed by atoms with E-state index in [0.29, 0.717) is 11.2 Å². The van der Waals surface area contributed by atoms with E-state index in [1.54, 1.807) is 23.1 Å². The molecule has 25 heavy (non-hydrogen) atoms. The molecule has 5 rings (SSSR count). The first-order valence-corrected chi connectivity index (χ1v) is 12.3. The molecule has 138 valence electrons. The van der Waals surface area contributed by atoms with Crippen LogP contribution in [0.3, 0.4) is 0 Å². The van der Waals surface area contributed by atoms with Gasteiger partial charge in [0.15, 0.2) is 8.68 Å². The topological polar surface area (TPSA) is 54.9 Å². The molecule has 4 bridgehead atoms. The van der Waals surface area contributed by atoms with Gasteiger partial charge in [-0.15, -0.1) is 10.2 Å². The highest BCUT2D eigenvalue weighted by atomic mass is 32.2. The van der Waals surface area contributed by atoms with E-state index in [0.717, 1.165) is 45.2 Å². The maximum Gasteiger partial charge on any atom is 0.230 e. The summed E-state index contributed by atoms with van der Waals surface area (Å²) in [6.45, 7) is 3.06. The van der Waals surface area contributed by atoms with Gasteiger partial charge in [0.1, 0.15) is 0 Å². The van der Waals surface area contributed by atoms with Crippen LogP contribution >= 0.6 is 34.9 Å². The molecule has 0 spiro atoms. The molecule has 4 aliphatic rings. The second-order valence-electron chi connectivity index (χ2n) is 8.17. The third-order valence-corrected chi connectivity index (χ3v) is 9.37. The van der Waals surface area contributed by atoms with Crippen molar-refractivity contribution in [3.05, 3.63) is 0 Å². The van der Waals surface area contributed by atoms with Gasteiger partial charge in [-0.05, 0) is 68.1 Å². The predicted molar refractivity (Wildman–Crippen MR) is 105 cm³/mol. The van der Waals surface area contributed by atoms with Crippen LogP contribution in [-0.2, 0) is 4.79 Å². The molecule has 1 aromatic heterocycles. The second kappa shape index (κ2) is 7.77. The molecule has 4 fully saturated rings. The van der Waals surface area contributed by atoms with Crippen LogP contribution in [-0.4, -0.2) is 34.2 Å². The number of rotatable bonds is 8. The molecule has 0 aromatic carbocycles. The lowest BCUT2D eigenvalue weighted by molar-refractivity contribution is -0.120. The minimum absolute atomic E-state index is 0.152. The molecule has 7 heteroatoms. The monoisotopic (exact) mass is 397 g/mol. The van der Waals surface area contributed by atoms with Crippen molar-refractivity contribution < 1.29 is 4.79 Å². The van der Waals surface area contributed by atoms with Crippen molar-refractivity contribution in [3.63, 3.8) is 0 Å². The quantitative estimate of drug-likeness (QED) is 0.656. The van der Waals surface area contributed by atoms with Gasteiger partial charge in [-0.1, -0.05) is 41.8 Å². The fourth-order valence-electron chi connectivity index (χ4n) is 5.47. The number of amides is 1. The van der Waals surface area contributed by atoms with E-state index in [1.807, 2.05) is 0 Å². The lowest BCUT2D eigenvalue weighted by atomic mass is 9.49. The number of aromatic nitrogens is 2. The highest BCUT2D eigenvalue weighted by molar-refractivity contribution is 8.03. The zero-order valence-electron chi connectivity index (χ0n) is 14.8. The van der Waals surface area contributed by atoms with E-state index in [9.17, 15) is 4.79 Å². The Bertz CT molecular complexity index is 583. The summed E-state index contributed by atoms with van der Waals surface area (Å²) in [7, 11) is 0. The van der Waals surface area contributed by atoms with Gasteiger partial charge in [-0.25, -0.2) is 0 Å². The Morgan fingerprint density at radius 3 is 2.32 bits per heavy atom. The fraction of sp³-hybridized carbons (Fsp3) is 0.833. The van der Waals surface area contributed by atoms with Crippen molar-refractivity contribution in [3.8, 4) is 0 Å². The van der Waals surface area contributed by atoms with Gasteiger partial charge in [0.2, 0.25) is 5.91 Å². The van der Waals surface area contributed by atoms with E-state index in [4.69, 9.17) is 0 Å². The summed E-state index contributed by atoms with van der Waals surface area (Å²) in [5.41, 5.74) is 0.418. The van der Waals surface area contributed by atoms with Crippen LogP contribution < -0.4 is 5.32 Å². The molecule has 0 atom stereocenters. The average Bonchev–Trinajstić information content (AvgIpc) is 3.03. The normalized spacial score (nSPS) is 32.9. The van der Waals surface area contributed by atoms with Crippen molar-refractivity contribution in [2.45, 2.75) is 60.5 Å². The van der Waals surface area contributed by atoms with Gasteiger partial charge >= 0.3 is 0 Å². The zero-order valence-corrected chi connectivity index (χ0v) is 17.3. The summed E-state index contributed by atoms with van der Waals surface area (Å²) in [4.78, 5) is 12.3. The van der Waals surface area contributed by atoms with E-state index in [1.165, 1.54) is 50.3 Å². The highest BCUT2D eigenvalue weighted by Crippen LogP contribution is 2.59. The van der Waals surface area contributed by atoms with Crippen molar-refractivity contribution in [2.75, 3.05) is 18.1 Å². The number of carbonyl (C=O) groups is 1. The lowest BCUT2D eigenvalue weighted by Gasteiger charge is -2.56. The first-order chi connectivity index (χ1) is 12.1. The third-order valence-electron chi connectivity index (χ3n) is 5.97. The molecule has 0 radical (unpaired) electrons. The second-order valence-corrected chi connectivity index (χ2v) is 11.7. The Kier molecular flexibility index (Phi) is 5.63. The molecule has 1 aromatic rings. The van der Waals surface area contributed by atoms with Gasteiger partial charge in [0, 0.05) is 12.3 Å². The molecule has 0 aliphatic heterocycles. The zero-order chi connectivity index (χ0) is 17.3. The minimum atomic E-state index is 0.152. The molecular formula is C18H27N3OS3. The van der Waals surface area contributed by atoms with Crippen LogP contribution in [0, 0.1) is 23.2 Å². The summed E-state index contributed by atoms with van der Waals surface area (Å²) in [6, 6.07) is 0. The summed E-state index contributed by atoms with van der Waals surface area (Å²) < 4.78 is 1.92. The maximum absolute atomic E-state index is 12.3. The molecular weight excluding hydrogens is 370 g/mol. The van der Waals surface area contributed by atoms with Crippen molar-refractivity contribution in [1.82, 2.24) is 15.5 Å². The minimum Gasteiger partial charge on any atom is -0.355 e. The van der Waals surface area contributed by atoms with Gasteiger partial charge in [-0.3, -0.25) is 4.79 Å². The number of thioether (sulfide) groups is 2. The van der Waals surface area contributed by atoms with Crippen LogP contribution in [0.1, 0.15) is 51.9 Å². The molecule has 1 N–H and O–H groups in total. The summed E-state index contributed by atoms with van der Waals surface area (Å²) in [6.07, 6.45) is 9.55. The predicted octanol–water partition coefficient (Wildman–Crippen LogP) is 4.46. The van der Waals surface area contributed by atoms with Crippen LogP contribution in [0.15, 0.2) is 8.68 Å². The molecule has 1 heterocycles. The fourth-order valence-corrected chi connectivity index (χ4v) is 8.25. The molecule has 4 aliphatic carbocycles. The van der Waals surface area contributed by atoms with Crippen LogP contribution in [0.2, 0.25) is 0 Å². The van der Waals surface area contributed by atoms with Crippen molar-refractivity contribution in [2.24, 2.45) is 23.2 Å². The maximum atomic E-state index is 12.3. The number of hydrogen-bond acceptors (Lipinski definition) is 6. The summed E-state index contributed by atoms with van der Waals surface area (Å²) in [5, 5.41) is 11.6. The third kappa shape index (κ3) is 4.35. The Balaban J connectivity index is 1.22. The van der Waals surface area contributed by atoms with Gasteiger partial charge in [0.25, 0.3) is 0 Å². The Labute approximate surface area is 162 Å². The van der Waals surface area contributed by atoms with E-state index in [-0.39, 0.29) is 5.91 Å². The lowest BCUT2D eigenvalue weighted by Crippen LogP contribution is -2.51. The van der Waals surface area contributed by atoms with Gasteiger partial charge in [0.05, 0.1) is 5.75 Å². The molecule has 4 nitrogen and oxygen atoms in total. The van der Waals surface area contributed by atoms with Crippen molar-refractivity contribution >= 4 is 40.8 Å². The first-order valence-electron chi connectivity index (χ1n) is 9.50. The molecule has 0 saturated heterocycles. The van der Waals surface area contributed by atoms with E-state index < -0.39 is 0 Å². The first kappa shape index (κ1) is 18.1. The highest BCUT2D eigenvalue weighted by Gasteiger charge is 2.50. The summed E-state index contributed by atoms with van der Waals surface area (Å²) in [5.74, 6) is 4.51. The molecule has 0 unspecified atom stereocenters. The number of hydrogen-bond donors (Lipinski definition) is 1. The van der Waals surface area contributed by atoms with Crippen LogP contribution in [0.4, 0.5) is 0 Å². The Morgan fingerprint density at radius 1 is 1.12 bits per heavy atom. The van der Waals surface area contributed by atoms with Crippen molar-refractivity contribution in [1.29, 1.82) is 0 Å². The SMILES string of the molecule is CCCSc1nnc(SCC(=O)NCC23CC4CC(CC(C4)C2)C3)s1. The van der Waals surface area contributed by atoms with Crippen LogP contribution in [0.5, 0.6) is 0 Å². The van der Waals surface area contributed by atoms with Gasteiger partial charge in [-0.2, -0.15) is 0 Å². The standard InChI is InChI=1S/C18H27N3OS3/c1-2-3-23-16-20-21-17(25-16)24-10-15(22)19-11-18-7-12-4-13(8-18)6-14(5-12)9-18/h12-14H,2-11H2,1H3,(H,19,22). The molecule has 4 saturated carbocycles. The largest absolute Gasteiger partial charge is 0.355 e. The number of nitrogens with zero attached hydrogens (tertiary/aromatic N) is 2. The number of nitrogens with one attached hydrogen (secondary N) is 1. The Hall–Kier alpha value is -0.270. The average molecular weight is 398 g/mol. The molecule has 1 amide bonds. The van der Waals surface area contributed by atoms with E-state index in [2.05, 4.69) is 22.4 Å². The van der Waals surface area contributed by atoms with E-state index >= 15 is 0 Å². The summed E-state index contributed by atoms with van der Waals surface area (Å²) >= 11 is 4.87. The van der Waals surface area contributed by atoms with Crippen LogP contribution in [0.25, 0.3) is 0 Å².